The largest absolute Gasteiger partial charge is 0.354 e. The van der Waals surface area contributed by atoms with E-state index in [1.165, 1.54) is 22.0 Å². The molecule has 2 heterocycles. The molecule has 0 saturated heterocycles. The van der Waals surface area contributed by atoms with Gasteiger partial charge >= 0.3 is 0 Å². The van der Waals surface area contributed by atoms with Crippen LogP contribution in [0.2, 0.25) is 5.02 Å². The highest BCUT2D eigenvalue weighted by Gasteiger charge is 2.11. The highest BCUT2D eigenvalue weighted by atomic mass is 35.5. The highest BCUT2D eigenvalue weighted by Crippen LogP contribution is 2.23. The van der Waals surface area contributed by atoms with Crippen molar-refractivity contribution in [2.75, 3.05) is 6.54 Å². The second-order valence-electron chi connectivity index (χ2n) is 8.25. The Bertz CT molecular complexity index is 1350. The van der Waals surface area contributed by atoms with Gasteiger partial charge in [-0.3, -0.25) is 14.2 Å². The second-order valence-corrected chi connectivity index (χ2v) is 10.3. The first-order chi connectivity index (χ1) is 16.4. The Balaban J connectivity index is 1.34. The number of nitrogens with zero attached hydrogens (tertiary/aromatic N) is 4. The van der Waals surface area contributed by atoms with Crippen molar-refractivity contribution in [3.8, 4) is 0 Å². The summed E-state index contributed by atoms with van der Waals surface area (Å²) >= 11 is 7.84. The number of hydrogen-bond acceptors (Lipinski definition) is 5. The first-order valence-electron chi connectivity index (χ1n) is 11.1. The molecule has 1 amide bonds. The average Bonchev–Trinajstić information content (AvgIpc) is 3.20. The van der Waals surface area contributed by atoms with Gasteiger partial charge in [-0.15, -0.1) is 11.8 Å². The summed E-state index contributed by atoms with van der Waals surface area (Å²) in [5.74, 6) is -0.0578. The molecule has 4 rings (SSSR count). The van der Waals surface area contributed by atoms with E-state index in [0.29, 0.717) is 47.4 Å². The van der Waals surface area contributed by atoms with Crippen molar-refractivity contribution in [1.29, 1.82) is 0 Å². The number of thioether (sulfide) groups is 1. The number of nitrogens with one attached hydrogen (secondary N) is 1. The Kier molecular flexibility index (Phi) is 7.70. The van der Waals surface area contributed by atoms with Crippen LogP contribution < -0.4 is 10.9 Å². The minimum absolute atomic E-state index is 0.0578. The summed E-state index contributed by atoms with van der Waals surface area (Å²) in [7, 11) is 0. The van der Waals surface area contributed by atoms with E-state index < -0.39 is 0 Å². The molecule has 34 heavy (non-hydrogen) atoms. The molecule has 0 fully saturated rings. The SMILES string of the molecule is CC(C)Sc1ccc(CC(=O)NCCn2ncc3c(=O)n(Cc4cccc(Cl)c4)cnc32)cc1. The van der Waals surface area contributed by atoms with Crippen molar-refractivity contribution in [3.05, 3.63) is 87.6 Å². The lowest BCUT2D eigenvalue weighted by atomic mass is 10.1. The van der Waals surface area contributed by atoms with E-state index in [4.69, 9.17) is 11.6 Å². The van der Waals surface area contributed by atoms with Gasteiger partial charge in [0.15, 0.2) is 5.65 Å². The number of halogens is 1. The maximum atomic E-state index is 12.9. The number of carbonyl (C=O) groups excluding carboxylic acids is 1. The summed E-state index contributed by atoms with van der Waals surface area (Å²) < 4.78 is 3.17. The lowest BCUT2D eigenvalue weighted by Crippen LogP contribution is -2.29. The lowest BCUT2D eigenvalue weighted by molar-refractivity contribution is -0.120. The molecule has 9 heteroatoms. The van der Waals surface area contributed by atoms with Gasteiger partial charge in [0.25, 0.3) is 5.56 Å². The van der Waals surface area contributed by atoms with Gasteiger partial charge in [-0.05, 0) is 35.4 Å². The molecule has 4 aromatic rings. The summed E-state index contributed by atoms with van der Waals surface area (Å²) in [6.07, 6.45) is 3.36. The molecule has 7 nitrogen and oxygen atoms in total. The minimum atomic E-state index is -0.167. The number of benzene rings is 2. The van der Waals surface area contributed by atoms with Crippen LogP contribution in [0.1, 0.15) is 25.0 Å². The van der Waals surface area contributed by atoms with E-state index in [9.17, 15) is 9.59 Å². The number of carbonyl (C=O) groups is 1. The summed E-state index contributed by atoms with van der Waals surface area (Å²) in [6.45, 7) is 5.50. The fourth-order valence-corrected chi connectivity index (χ4v) is 4.66. The van der Waals surface area contributed by atoms with Crippen LogP contribution in [-0.2, 0) is 24.3 Å². The number of aromatic nitrogens is 4. The predicted molar refractivity (Wildman–Crippen MR) is 136 cm³/mol. The van der Waals surface area contributed by atoms with Gasteiger partial charge in [0.2, 0.25) is 5.91 Å². The molecule has 1 N–H and O–H groups in total. The van der Waals surface area contributed by atoms with E-state index in [2.05, 4.69) is 29.2 Å². The zero-order valence-electron chi connectivity index (χ0n) is 19.1. The van der Waals surface area contributed by atoms with Gasteiger partial charge in [0.05, 0.1) is 25.7 Å². The van der Waals surface area contributed by atoms with Crippen molar-refractivity contribution in [2.24, 2.45) is 0 Å². The molecule has 2 aromatic carbocycles. The molecular formula is C25H26ClN5O2S. The molecule has 0 bridgehead atoms. The number of hydrogen-bond donors (Lipinski definition) is 1. The molecule has 0 unspecified atom stereocenters. The Morgan fingerprint density at radius 3 is 2.68 bits per heavy atom. The van der Waals surface area contributed by atoms with Crippen molar-refractivity contribution < 1.29 is 4.79 Å². The Hall–Kier alpha value is -3.10. The smallest absolute Gasteiger partial charge is 0.264 e. The molecule has 0 aliphatic carbocycles. The van der Waals surface area contributed by atoms with E-state index in [1.807, 2.05) is 42.5 Å². The normalized spacial score (nSPS) is 11.3. The highest BCUT2D eigenvalue weighted by molar-refractivity contribution is 7.99. The third-order valence-electron chi connectivity index (χ3n) is 5.17. The summed E-state index contributed by atoms with van der Waals surface area (Å²) in [5, 5.41) is 8.80. The molecule has 0 saturated carbocycles. The number of fused-ring (bicyclic) bond motifs is 1. The zero-order chi connectivity index (χ0) is 24.1. The van der Waals surface area contributed by atoms with Crippen LogP contribution in [0.25, 0.3) is 11.0 Å². The number of amides is 1. The number of rotatable bonds is 9. The molecule has 0 atom stereocenters. The first kappa shape index (κ1) is 24.0. The predicted octanol–water partition coefficient (Wildman–Crippen LogP) is 4.15. The molecule has 2 aromatic heterocycles. The van der Waals surface area contributed by atoms with Crippen LogP contribution in [0.4, 0.5) is 0 Å². The van der Waals surface area contributed by atoms with Crippen LogP contribution in [-0.4, -0.2) is 37.0 Å². The molecule has 0 aliphatic rings. The quantitative estimate of drug-likeness (QED) is 0.353. The van der Waals surface area contributed by atoms with Gasteiger partial charge in [-0.2, -0.15) is 5.10 Å². The van der Waals surface area contributed by atoms with Crippen LogP contribution in [0.5, 0.6) is 0 Å². The maximum Gasteiger partial charge on any atom is 0.264 e. The molecular weight excluding hydrogens is 470 g/mol. The average molecular weight is 496 g/mol. The Morgan fingerprint density at radius 1 is 1.15 bits per heavy atom. The summed E-state index contributed by atoms with van der Waals surface area (Å²) in [6, 6.07) is 15.5. The zero-order valence-corrected chi connectivity index (χ0v) is 20.6. The molecule has 0 spiro atoms. The third-order valence-corrected chi connectivity index (χ3v) is 6.42. The van der Waals surface area contributed by atoms with Gasteiger partial charge in [-0.1, -0.05) is 49.7 Å². The lowest BCUT2D eigenvalue weighted by Gasteiger charge is -2.09. The van der Waals surface area contributed by atoms with Gasteiger partial charge in [-0.25, -0.2) is 9.67 Å². The summed E-state index contributed by atoms with van der Waals surface area (Å²) in [5.41, 5.74) is 2.22. The van der Waals surface area contributed by atoms with Crippen LogP contribution >= 0.6 is 23.4 Å². The summed E-state index contributed by atoms with van der Waals surface area (Å²) in [4.78, 5) is 30.8. The third kappa shape index (κ3) is 6.07. The van der Waals surface area contributed by atoms with Crippen molar-refractivity contribution in [2.45, 2.75) is 43.5 Å². The van der Waals surface area contributed by atoms with Crippen LogP contribution in [0, 0.1) is 0 Å². The maximum absolute atomic E-state index is 12.9. The topological polar surface area (TPSA) is 81.8 Å². The van der Waals surface area contributed by atoms with Crippen molar-refractivity contribution >= 4 is 40.3 Å². The van der Waals surface area contributed by atoms with Crippen molar-refractivity contribution in [3.63, 3.8) is 0 Å². The first-order valence-corrected chi connectivity index (χ1v) is 12.3. The van der Waals surface area contributed by atoms with Crippen molar-refractivity contribution in [1.82, 2.24) is 24.6 Å². The van der Waals surface area contributed by atoms with Crippen LogP contribution in [0.15, 0.2) is 70.7 Å². The van der Waals surface area contributed by atoms with E-state index in [0.717, 1.165) is 11.1 Å². The molecule has 0 radical (unpaired) electrons. The van der Waals surface area contributed by atoms with E-state index in [1.54, 1.807) is 22.5 Å². The fraction of sp³-hybridized carbons (Fsp3) is 0.280. The van der Waals surface area contributed by atoms with E-state index >= 15 is 0 Å². The standard InChI is InChI=1S/C25H26ClN5O2S/c1-17(2)34-21-8-6-18(7-9-21)13-23(32)27-10-11-31-24-22(14-29-31)25(33)30(16-28-24)15-19-4-3-5-20(26)12-19/h3-9,12,14,16-17H,10-11,13,15H2,1-2H3,(H,27,32). The Labute approximate surface area is 207 Å². The molecule has 176 valence electrons. The van der Waals surface area contributed by atoms with E-state index in [-0.39, 0.29) is 11.5 Å². The second kappa shape index (κ2) is 10.9. The van der Waals surface area contributed by atoms with Gasteiger partial charge in [0, 0.05) is 21.7 Å². The molecule has 0 aliphatic heterocycles. The fourth-order valence-electron chi connectivity index (χ4n) is 3.61. The van der Waals surface area contributed by atoms with Gasteiger partial charge in [0.1, 0.15) is 11.7 Å². The minimum Gasteiger partial charge on any atom is -0.354 e. The Morgan fingerprint density at radius 2 is 1.94 bits per heavy atom. The monoisotopic (exact) mass is 495 g/mol. The van der Waals surface area contributed by atoms with Crippen LogP contribution in [0.3, 0.4) is 0 Å². The van der Waals surface area contributed by atoms with Gasteiger partial charge < -0.3 is 5.32 Å².